The van der Waals surface area contributed by atoms with Crippen molar-refractivity contribution >= 4 is 5.91 Å². The van der Waals surface area contributed by atoms with E-state index in [1.54, 1.807) is 11.8 Å². The number of fused-ring (bicyclic) bond motifs is 1. The molecule has 3 rings (SSSR count). The van der Waals surface area contributed by atoms with Gasteiger partial charge in [-0.15, -0.1) is 0 Å². The van der Waals surface area contributed by atoms with Gasteiger partial charge < -0.3 is 9.80 Å². The Balaban J connectivity index is 1.89. The van der Waals surface area contributed by atoms with Gasteiger partial charge in [-0.05, 0) is 44.4 Å². The first-order chi connectivity index (χ1) is 9.97. The Morgan fingerprint density at radius 1 is 1.24 bits per heavy atom. The van der Waals surface area contributed by atoms with Gasteiger partial charge in [-0.1, -0.05) is 0 Å². The molecule has 0 radical (unpaired) electrons. The molecule has 0 spiro atoms. The van der Waals surface area contributed by atoms with Crippen LogP contribution >= 0.6 is 0 Å². The summed E-state index contributed by atoms with van der Waals surface area (Å²) in [6.07, 6.45) is 2.06. The fourth-order valence-corrected chi connectivity index (χ4v) is 3.62. The van der Waals surface area contributed by atoms with E-state index in [0.717, 1.165) is 32.0 Å². The summed E-state index contributed by atoms with van der Waals surface area (Å²) in [7, 11) is 2.05. The van der Waals surface area contributed by atoms with Crippen molar-refractivity contribution in [1.82, 2.24) is 9.80 Å². The topological polar surface area (TPSA) is 23.6 Å². The van der Waals surface area contributed by atoms with Crippen molar-refractivity contribution in [3.63, 3.8) is 0 Å². The number of nitrogens with zero attached hydrogens (tertiary/aromatic N) is 2. The number of rotatable bonds is 1. The number of benzene rings is 1. The van der Waals surface area contributed by atoms with Crippen LogP contribution in [0.1, 0.15) is 28.8 Å². The molecule has 5 heteroatoms. The minimum Gasteiger partial charge on any atom is -0.334 e. The van der Waals surface area contributed by atoms with Crippen LogP contribution in [-0.2, 0) is 0 Å². The van der Waals surface area contributed by atoms with E-state index in [1.807, 2.05) is 7.05 Å². The second-order valence-corrected chi connectivity index (χ2v) is 6.27. The van der Waals surface area contributed by atoms with Gasteiger partial charge in [0.25, 0.3) is 5.91 Å². The maximum atomic E-state index is 14.0. The van der Waals surface area contributed by atoms with E-state index in [1.165, 1.54) is 6.07 Å². The van der Waals surface area contributed by atoms with Crippen LogP contribution in [-0.4, -0.2) is 48.4 Å². The van der Waals surface area contributed by atoms with Crippen LogP contribution in [0.2, 0.25) is 0 Å². The zero-order valence-corrected chi connectivity index (χ0v) is 12.4. The Hall–Kier alpha value is -1.49. The maximum Gasteiger partial charge on any atom is 0.257 e. The number of likely N-dealkylation sites (tertiary alicyclic amines) is 2. The first kappa shape index (κ1) is 14.4. The predicted molar refractivity (Wildman–Crippen MR) is 76.1 cm³/mol. The maximum absolute atomic E-state index is 14.0. The Bertz CT molecular complexity index is 576. The largest absolute Gasteiger partial charge is 0.334 e. The van der Waals surface area contributed by atoms with Crippen LogP contribution in [0.25, 0.3) is 0 Å². The van der Waals surface area contributed by atoms with E-state index in [-0.39, 0.29) is 17.5 Å². The van der Waals surface area contributed by atoms with Gasteiger partial charge in [0.05, 0.1) is 5.56 Å². The number of hydrogen-bond acceptors (Lipinski definition) is 2. The fraction of sp³-hybridized carbons (Fsp3) is 0.562. The highest BCUT2D eigenvalue weighted by molar-refractivity contribution is 5.95. The Morgan fingerprint density at radius 3 is 2.76 bits per heavy atom. The number of halogens is 2. The summed E-state index contributed by atoms with van der Waals surface area (Å²) in [6.45, 7) is 4.02. The van der Waals surface area contributed by atoms with Gasteiger partial charge in [-0.2, -0.15) is 0 Å². The minimum atomic E-state index is -0.767. The molecule has 0 aromatic heterocycles. The number of aryl methyl sites for hydroxylation is 1. The molecule has 1 amide bonds. The number of likely N-dealkylation sites (N-methyl/N-ethyl adjacent to an activating group) is 1. The molecular formula is C16H20F2N2O. The molecule has 1 aromatic carbocycles. The fourth-order valence-electron chi connectivity index (χ4n) is 3.62. The number of carbonyl (C=O) groups excluding carboxylic acids is 1. The summed E-state index contributed by atoms with van der Waals surface area (Å²) >= 11 is 0. The quantitative estimate of drug-likeness (QED) is 0.794. The van der Waals surface area contributed by atoms with Gasteiger partial charge in [0.15, 0.2) is 0 Å². The zero-order chi connectivity index (χ0) is 15.1. The van der Waals surface area contributed by atoms with Crippen molar-refractivity contribution in [1.29, 1.82) is 0 Å². The summed E-state index contributed by atoms with van der Waals surface area (Å²) in [6, 6.07) is 2.29. The van der Waals surface area contributed by atoms with Crippen LogP contribution in [0.3, 0.4) is 0 Å². The third kappa shape index (κ3) is 2.55. The molecule has 2 saturated heterocycles. The van der Waals surface area contributed by atoms with Crippen LogP contribution in [0.4, 0.5) is 8.78 Å². The second-order valence-electron chi connectivity index (χ2n) is 6.27. The summed E-state index contributed by atoms with van der Waals surface area (Å²) < 4.78 is 27.3. The van der Waals surface area contributed by atoms with E-state index >= 15 is 0 Å². The van der Waals surface area contributed by atoms with Crippen molar-refractivity contribution in [3.05, 3.63) is 34.9 Å². The third-order valence-corrected chi connectivity index (χ3v) is 4.70. The van der Waals surface area contributed by atoms with Gasteiger partial charge in [0.1, 0.15) is 11.6 Å². The molecule has 1 aromatic rings. The van der Waals surface area contributed by atoms with Crippen molar-refractivity contribution in [3.8, 4) is 0 Å². The van der Waals surface area contributed by atoms with Crippen molar-refractivity contribution in [2.45, 2.75) is 25.8 Å². The monoisotopic (exact) mass is 294 g/mol. The molecule has 2 fully saturated rings. The average molecular weight is 294 g/mol. The third-order valence-electron chi connectivity index (χ3n) is 4.70. The summed E-state index contributed by atoms with van der Waals surface area (Å²) in [5.74, 6) is -1.21. The molecule has 21 heavy (non-hydrogen) atoms. The first-order valence-electron chi connectivity index (χ1n) is 7.42. The second kappa shape index (κ2) is 5.37. The molecule has 2 atom stereocenters. The lowest BCUT2D eigenvalue weighted by Gasteiger charge is -2.37. The first-order valence-corrected chi connectivity index (χ1v) is 7.42. The number of hydrogen-bond donors (Lipinski definition) is 0. The van der Waals surface area contributed by atoms with Gasteiger partial charge >= 0.3 is 0 Å². The van der Waals surface area contributed by atoms with Crippen LogP contribution in [0.15, 0.2) is 12.1 Å². The SMILES string of the molecule is Cc1cc(C(=O)N2CCC[C@H]3CN(C)C[C@H]32)c(F)cc1F. The lowest BCUT2D eigenvalue weighted by Crippen LogP contribution is -2.48. The van der Waals surface area contributed by atoms with E-state index in [9.17, 15) is 13.6 Å². The molecule has 2 heterocycles. The standard InChI is InChI=1S/C16H20F2N2O/c1-10-6-12(14(18)7-13(10)17)16(21)20-5-3-4-11-8-19(2)9-15(11)20/h6-7,11,15H,3-5,8-9H2,1-2H3/t11-,15+/m0/s1. The number of piperidine rings is 1. The predicted octanol–water partition coefficient (Wildman–Crippen LogP) is 2.44. The minimum absolute atomic E-state index is 0.0101. The number of carbonyl (C=O) groups is 1. The highest BCUT2D eigenvalue weighted by Gasteiger charge is 2.40. The Kier molecular flexibility index (Phi) is 3.69. The van der Waals surface area contributed by atoms with Gasteiger partial charge in [0, 0.05) is 31.7 Å². The lowest BCUT2D eigenvalue weighted by atomic mass is 9.91. The lowest BCUT2D eigenvalue weighted by molar-refractivity contribution is 0.0567. The molecule has 0 aliphatic carbocycles. The highest BCUT2D eigenvalue weighted by atomic mass is 19.1. The molecule has 3 nitrogen and oxygen atoms in total. The van der Waals surface area contributed by atoms with E-state index in [0.29, 0.717) is 18.0 Å². The van der Waals surface area contributed by atoms with Crippen LogP contribution < -0.4 is 0 Å². The molecule has 2 aliphatic heterocycles. The molecule has 0 saturated carbocycles. The van der Waals surface area contributed by atoms with Crippen molar-refractivity contribution in [2.75, 3.05) is 26.7 Å². The Morgan fingerprint density at radius 2 is 2.00 bits per heavy atom. The normalized spacial score (nSPS) is 26.0. The van der Waals surface area contributed by atoms with Gasteiger partial charge in [0.2, 0.25) is 0 Å². The van der Waals surface area contributed by atoms with Crippen LogP contribution in [0, 0.1) is 24.5 Å². The average Bonchev–Trinajstić information content (AvgIpc) is 2.82. The molecule has 0 N–H and O–H groups in total. The summed E-state index contributed by atoms with van der Waals surface area (Å²) in [4.78, 5) is 16.7. The molecule has 2 aliphatic rings. The van der Waals surface area contributed by atoms with E-state index in [4.69, 9.17) is 0 Å². The van der Waals surface area contributed by atoms with Crippen LogP contribution in [0.5, 0.6) is 0 Å². The van der Waals surface area contributed by atoms with Crippen molar-refractivity contribution < 1.29 is 13.6 Å². The number of amides is 1. The molecule has 0 unspecified atom stereocenters. The Labute approximate surface area is 123 Å². The molecular weight excluding hydrogens is 274 g/mol. The zero-order valence-electron chi connectivity index (χ0n) is 12.4. The smallest absolute Gasteiger partial charge is 0.257 e. The summed E-state index contributed by atoms with van der Waals surface area (Å²) in [5, 5.41) is 0. The van der Waals surface area contributed by atoms with Crippen molar-refractivity contribution in [2.24, 2.45) is 5.92 Å². The summed E-state index contributed by atoms with van der Waals surface area (Å²) in [5.41, 5.74) is 0.293. The van der Waals surface area contributed by atoms with E-state index < -0.39 is 11.6 Å². The van der Waals surface area contributed by atoms with Gasteiger partial charge in [-0.3, -0.25) is 4.79 Å². The van der Waals surface area contributed by atoms with E-state index in [2.05, 4.69) is 4.90 Å². The highest BCUT2D eigenvalue weighted by Crippen LogP contribution is 2.31. The molecule has 114 valence electrons. The van der Waals surface area contributed by atoms with Gasteiger partial charge in [-0.25, -0.2) is 8.78 Å². The molecule has 0 bridgehead atoms.